The van der Waals surface area contributed by atoms with Gasteiger partial charge in [0.1, 0.15) is 5.75 Å². The highest BCUT2D eigenvalue weighted by Crippen LogP contribution is 2.22. The maximum absolute atomic E-state index is 13.0. The summed E-state index contributed by atoms with van der Waals surface area (Å²) in [6, 6.07) is 18.2. The third-order valence-corrected chi connectivity index (χ3v) is 4.31. The van der Waals surface area contributed by atoms with Crippen LogP contribution in [0, 0.1) is 0 Å². The van der Waals surface area contributed by atoms with E-state index in [2.05, 4.69) is 20.6 Å². The van der Waals surface area contributed by atoms with Gasteiger partial charge in [-0.15, -0.1) is 0 Å². The van der Waals surface area contributed by atoms with Crippen LogP contribution < -0.4 is 15.4 Å². The number of carbonyl (C=O) groups excluding carboxylic acids is 1. The predicted octanol–water partition coefficient (Wildman–Crippen LogP) is 4.13. The van der Waals surface area contributed by atoms with Crippen LogP contribution in [0.5, 0.6) is 5.75 Å². The summed E-state index contributed by atoms with van der Waals surface area (Å²) >= 11 is 0. The highest BCUT2D eigenvalue weighted by Gasteiger charge is 2.16. The Morgan fingerprint density at radius 3 is 2.54 bits per heavy atom. The second-order valence-corrected chi connectivity index (χ2v) is 6.13. The average molecular weight is 373 g/mol. The second-order valence-electron chi connectivity index (χ2n) is 6.13. The number of ether oxygens (including phenoxy) is 1. The Labute approximate surface area is 162 Å². The van der Waals surface area contributed by atoms with Gasteiger partial charge < -0.3 is 15.4 Å². The fourth-order valence-electron chi connectivity index (χ4n) is 2.89. The molecule has 0 aliphatic rings. The molecule has 140 valence electrons. The number of aromatic nitrogens is 3. The first kappa shape index (κ1) is 17.5. The first-order chi connectivity index (χ1) is 13.7. The van der Waals surface area contributed by atoms with Crippen molar-refractivity contribution in [2.45, 2.75) is 6.54 Å². The van der Waals surface area contributed by atoms with Gasteiger partial charge in [0.15, 0.2) is 0 Å². The third-order valence-electron chi connectivity index (χ3n) is 4.31. The van der Waals surface area contributed by atoms with E-state index in [0.29, 0.717) is 18.2 Å². The smallest absolute Gasteiger partial charge is 0.333 e. The molecule has 28 heavy (non-hydrogen) atoms. The lowest BCUT2D eigenvalue weighted by molar-refractivity contribution is 0.254. The molecule has 0 bridgehead atoms. The van der Waals surface area contributed by atoms with E-state index in [1.54, 1.807) is 48.3 Å². The fourth-order valence-corrected chi connectivity index (χ4v) is 2.89. The van der Waals surface area contributed by atoms with E-state index < -0.39 is 0 Å². The van der Waals surface area contributed by atoms with Gasteiger partial charge in [-0.3, -0.25) is 4.98 Å². The number of para-hydroxylation sites is 2. The molecule has 0 aliphatic heterocycles. The van der Waals surface area contributed by atoms with Gasteiger partial charge in [0.25, 0.3) is 0 Å². The van der Waals surface area contributed by atoms with Crippen LogP contribution in [0.25, 0.3) is 11.0 Å². The van der Waals surface area contributed by atoms with Crippen molar-refractivity contribution in [2.75, 3.05) is 17.7 Å². The molecule has 4 rings (SSSR count). The largest absolute Gasteiger partial charge is 0.497 e. The summed E-state index contributed by atoms with van der Waals surface area (Å²) in [6.45, 7) is 0.529. The number of benzene rings is 2. The second kappa shape index (κ2) is 7.79. The fraction of sp³-hybridized carbons (Fsp3) is 0.0952. The van der Waals surface area contributed by atoms with Crippen LogP contribution in [0.1, 0.15) is 5.56 Å². The number of nitrogens with one attached hydrogen (secondary N) is 2. The van der Waals surface area contributed by atoms with E-state index >= 15 is 0 Å². The van der Waals surface area contributed by atoms with Crippen LogP contribution in [0.3, 0.4) is 0 Å². The summed E-state index contributed by atoms with van der Waals surface area (Å²) in [5.74, 6) is 1.20. The minimum atomic E-state index is -0.295. The van der Waals surface area contributed by atoms with E-state index in [1.165, 1.54) is 0 Å². The number of methoxy groups -OCH3 is 1. The Kier molecular flexibility index (Phi) is 4.88. The van der Waals surface area contributed by atoms with Crippen molar-refractivity contribution in [1.82, 2.24) is 14.5 Å². The van der Waals surface area contributed by atoms with Crippen molar-refractivity contribution in [1.29, 1.82) is 0 Å². The van der Waals surface area contributed by atoms with E-state index in [4.69, 9.17) is 4.74 Å². The van der Waals surface area contributed by atoms with Gasteiger partial charge in [0.05, 0.1) is 18.1 Å². The molecule has 0 spiro atoms. The molecule has 4 aromatic rings. The normalized spacial score (nSPS) is 10.6. The van der Waals surface area contributed by atoms with Gasteiger partial charge in [-0.2, -0.15) is 0 Å². The van der Waals surface area contributed by atoms with Crippen LogP contribution in [-0.2, 0) is 6.54 Å². The van der Waals surface area contributed by atoms with E-state index in [9.17, 15) is 4.79 Å². The molecular formula is C21H19N5O2. The van der Waals surface area contributed by atoms with E-state index in [1.807, 2.05) is 36.4 Å². The molecule has 2 aromatic carbocycles. The van der Waals surface area contributed by atoms with Crippen LogP contribution in [-0.4, -0.2) is 27.7 Å². The summed E-state index contributed by atoms with van der Waals surface area (Å²) in [4.78, 5) is 21.6. The zero-order chi connectivity index (χ0) is 19.3. The molecule has 0 fully saturated rings. The Morgan fingerprint density at radius 1 is 1.04 bits per heavy atom. The molecule has 7 nitrogen and oxygen atoms in total. The molecule has 0 saturated heterocycles. The van der Waals surface area contributed by atoms with Crippen LogP contribution >= 0.6 is 0 Å². The minimum Gasteiger partial charge on any atom is -0.497 e. The van der Waals surface area contributed by atoms with Gasteiger partial charge in [0.2, 0.25) is 5.95 Å². The Balaban J connectivity index is 1.62. The monoisotopic (exact) mass is 373 g/mol. The minimum absolute atomic E-state index is 0.295. The number of imidazole rings is 1. The van der Waals surface area contributed by atoms with E-state index in [-0.39, 0.29) is 6.03 Å². The van der Waals surface area contributed by atoms with Gasteiger partial charge in [-0.25, -0.2) is 14.3 Å². The summed E-state index contributed by atoms with van der Waals surface area (Å²) in [6.07, 6.45) is 3.47. The topological polar surface area (TPSA) is 81.1 Å². The summed E-state index contributed by atoms with van der Waals surface area (Å²) in [5, 5.41) is 6.15. The zero-order valence-electron chi connectivity index (χ0n) is 15.3. The third kappa shape index (κ3) is 3.64. The summed E-state index contributed by atoms with van der Waals surface area (Å²) in [7, 11) is 1.60. The number of hydrogen-bond donors (Lipinski definition) is 2. The molecule has 0 saturated carbocycles. The van der Waals surface area contributed by atoms with Crippen molar-refractivity contribution in [3.8, 4) is 5.75 Å². The molecule has 1 amide bonds. The highest BCUT2D eigenvalue weighted by atomic mass is 16.5. The molecule has 0 atom stereocenters. The van der Waals surface area contributed by atoms with Crippen molar-refractivity contribution in [2.24, 2.45) is 0 Å². The van der Waals surface area contributed by atoms with E-state index in [0.717, 1.165) is 22.3 Å². The van der Waals surface area contributed by atoms with Crippen LogP contribution in [0.4, 0.5) is 16.4 Å². The van der Waals surface area contributed by atoms with Crippen molar-refractivity contribution in [3.05, 3.63) is 78.6 Å². The molecule has 2 heterocycles. The Morgan fingerprint density at radius 2 is 1.79 bits per heavy atom. The molecule has 2 N–H and O–H groups in total. The summed E-state index contributed by atoms with van der Waals surface area (Å²) in [5.41, 5.74) is 3.18. The average Bonchev–Trinajstić information content (AvgIpc) is 3.12. The van der Waals surface area contributed by atoms with Gasteiger partial charge in [0, 0.05) is 24.6 Å². The number of fused-ring (bicyclic) bond motifs is 1. The molecule has 0 unspecified atom stereocenters. The first-order valence-corrected chi connectivity index (χ1v) is 8.80. The number of rotatable bonds is 5. The van der Waals surface area contributed by atoms with Gasteiger partial charge in [-0.1, -0.05) is 12.1 Å². The lowest BCUT2D eigenvalue weighted by atomic mass is 10.3. The highest BCUT2D eigenvalue weighted by molar-refractivity contribution is 5.99. The Hall–Kier alpha value is -3.87. The van der Waals surface area contributed by atoms with Crippen LogP contribution in [0.2, 0.25) is 0 Å². The zero-order valence-corrected chi connectivity index (χ0v) is 15.3. The van der Waals surface area contributed by atoms with Gasteiger partial charge in [-0.05, 0) is 54.1 Å². The number of amides is 1. The standard InChI is InChI=1S/C21H19N5O2/c1-28-17-8-6-16(7-9-17)24-21(27)26-19-5-3-2-4-18(19)25-20(26)23-14-15-10-12-22-13-11-15/h2-13H,14H2,1H3,(H,23,25)(H,24,27). The molecule has 2 aromatic heterocycles. The molecule has 0 aliphatic carbocycles. The number of hydrogen-bond acceptors (Lipinski definition) is 5. The molecule has 7 heteroatoms. The van der Waals surface area contributed by atoms with Gasteiger partial charge >= 0.3 is 6.03 Å². The SMILES string of the molecule is COc1ccc(NC(=O)n2c(NCc3ccncc3)nc3ccccc32)cc1. The quantitative estimate of drug-likeness (QED) is 0.550. The lowest BCUT2D eigenvalue weighted by Crippen LogP contribution is -2.21. The number of anilines is 2. The van der Waals surface area contributed by atoms with Crippen molar-refractivity contribution >= 4 is 28.7 Å². The summed E-state index contributed by atoms with van der Waals surface area (Å²) < 4.78 is 6.70. The number of pyridine rings is 1. The maximum Gasteiger partial charge on any atom is 0.333 e. The van der Waals surface area contributed by atoms with Crippen molar-refractivity contribution in [3.63, 3.8) is 0 Å². The lowest BCUT2D eigenvalue weighted by Gasteiger charge is -2.11. The molecular weight excluding hydrogens is 354 g/mol. The number of nitrogens with zero attached hydrogens (tertiary/aromatic N) is 3. The molecule has 0 radical (unpaired) electrons. The Bertz CT molecular complexity index is 1090. The van der Waals surface area contributed by atoms with Crippen LogP contribution in [0.15, 0.2) is 73.1 Å². The maximum atomic E-state index is 13.0. The van der Waals surface area contributed by atoms with Crippen molar-refractivity contribution < 1.29 is 9.53 Å². The predicted molar refractivity (Wildman–Crippen MR) is 109 cm³/mol. The number of carbonyl (C=O) groups is 1. The first-order valence-electron chi connectivity index (χ1n) is 8.80.